The van der Waals surface area contributed by atoms with E-state index in [0.717, 1.165) is 12.0 Å². The summed E-state index contributed by atoms with van der Waals surface area (Å²) in [6.45, 7) is 6.66. The zero-order chi connectivity index (χ0) is 15.6. The molecule has 0 aliphatic carbocycles. The maximum Gasteiger partial charge on any atom is 0.410 e. The van der Waals surface area contributed by atoms with Gasteiger partial charge < -0.3 is 20.5 Å². The van der Waals surface area contributed by atoms with Crippen molar-refractivity contribution < 1.29 is 14.6 Å². The molecule has 1 aliphatic rings. The molecule has 5 nitrogen and oxygen atoms in total. The van der Waals surface area contributed by atoms with Crippen molar-refractivity contribution in [3.8, 4) is 0 Å². The Morgan fingerprint density at radius 3 is 2.81 bits per heavy atom. The highest BCUT2D eigenvalue weighted by molar-refractivity contribution is 5.68. The van der Waals surface area contributed by atoms with Gasteiger partial charge in [0.1, 0.15) is 5.60 Å². The van der Waals surface area contributed by atoms with Crippen molar-refractivity contribution in [2.75, 3.05) is 18.8 Å². The minimum absolute atomic E-state index is 0.0133. The summed E-state index contributed by atoms with van der Waals surface area (Å²) < 4.78 is 5.36. The van der Waals surface area contributed by atoms with Crippen molar-refractivity contribution in [2.45, 2.75) is 38.9 Å². The summed E-state index contributed by atoms with van der Waals surface area (Å²) in [5, 5.41) is 10.4. The molecule has 1 saturated heterocycles. The number of hydrogen-bond acceptors (Lipinski definition) is 4. The van der Waals surface area contributed by atoms with Crippen LogP contribution in [0.1, 0.15) is 38.9 Å². The van der Waals surface area contributed by atoms with Crippen LogP contribution in [-0.2, 0) is 4.74 Å². The summed E-state index contributed by atoms with van der Waals surface area (Å²) in [5.74, 6) is 0.0133. The molecule has 2 atom stereocenters. The van der Waals surface area contributed by atoms with Crippen LogP contribution >= 0.6 is 0 Å². The average molecular weight is 292 g/mol. The van der Waals surface area contributed by atoms with Gasteiger partial charge in [0.05, 0.1) is 6.10 Å². The highest BCUT2D eigenvalue weighted by Gasteiger charge is 2.33. The van der Waals surface area contributed by atoms with E-state index >= 15 is 0 Å². The summed E-state index contributed by atoms with van der Waals surface area (Å²) in [7, 11) is 0. The maximum absolute atomic E-state index is 12.0. The number of benzene rings is 1. The molecule has 1 aromatic carbocycles. The van der Waals surface area contributed by atoms with Crippen LogP contribution < -0.4 is 5.73 Å². The SMILES string of the molecule is CC(C)(C)OC(=O)N1CCC(C(O)c2cccc(N)c2)C1. The minimum atomic E-state index is -0.610. The molecular formula is C16H24N2O3. The smallest absolute Gasteiger partial charge is 0.410 e. The summed E-state index contributed by atoms with van der Waals surface area (Å²) >= 11 is 0. The first-order valence-corrected chi connectivity index (χ1v) is 7.28. The lowest BCUT2D eigenvalue weighted by Crippen LogP contribution is -2.35. The van der Waals surface area contributed by atoms with Crippen LogP contribution in [0.5, 0.6) is 0 Å². The van der Waals surface area contributed by atoms with Gasteiger partial charge in [-0.25, -0.2) is 4.79 Å². The lowest BCUT2D eigenvalue weighted by atomic mass is 9.95. The molecule has 0 radical (unpaired) electrons. The predicted octanol–water partition coefficient (Wildman–Crippen LogP) is 2.56. The molecule has 0 aromatic heterocycles. The number of nitrogens with two attached hydrogens (primary N) is 1. The molecule has 1 aliphatic heterocycles. The Balaban J connectivity index is 1.97. The normalized spacial score (nSPS) is 20.4. The second-order valence-electron chi connectivity index (χ2n) is 6.59. The summed E-state index contributed by atoms with van der Waals surface area (Å²) in [4.78, 5) is 13.7. The Morgan fingerprint density at radius 1 is 1.48 bits per heavy atom. The number of ether oxygens (including phenoxy) is 1. The third-order valence-electron chi connectivity index (χ3n) is 3.58. The largest absolute Gasteiger partial charge is 0.444 e. The summed E-state index contributed by atoms with van der Waals surface area (Å²) in [5.41, 5.74) is 6.68. The Labute approximate surface area is 125 Å². The van der Waals surface area contributed by atoms with Crippen LogP contribution in [0, 0.1) is 5.92 Å². The van der Waals surface area contributed by atoms with Crippen molar-refractivity contribution in [1.29, 1.82) is 0 Å². The first kappa shape index (κ1) is 15.6. The van der Waals surface area contributed by atoms with Crippen molar-refractivity contribution in [3.05, 3.63) is 29.8 Å². The van der Waals surface area contributed by atoms with Crippen molar-refractivity contribution in [2.24, 2.45) is 5.92 Å². The van der Waals surface area contributed by atoms with E-state index in [2.05, 4.69) is 0 Å². The number of nitrogens with zero attached hydrogens (tertiary/aromatic N) is 1. The molecule has 0 saturated carbocycles. The first-order valence-electron chi connectivity index (χ1n) is 7.28. The van der Waals surface area contributed by atoms with E-state index < -0.39 is 11.7 Å². The molecule has 2 rings (SSSR count). The van der Waals surface area contributed by atoms with Crippen LogP contribution in [0.4, 0.5) is 10.5 Å². The third kappa shape index (κ3) is 4.11. The summed E-state index contributed by atoms with van der Waals surface area (Å²) in [6, 6.07) is 7.25. The van der Waals surface area contributed by atoms with Gasteiger partial charge in [-0.15, -0.1) is 0 Å². The van der Waals surface area contributed by atoms with E-state index in [4.69, 9.17) is 10.5 Å². The predicted molar refractivity (Wildman–Crippen MR) is 81.7 cm³/mol. The van der Waals surface area contributed by atoms with Crippen molar-refractivity contribution in [3.63, 3.8) is 0 Å². The molecule has 1 fully saturated rings. The van der Waals surface area contributed by atoms with Crippen LogP contribution in [0.25, 0.3) is 0 Å². The molecule has 3 N–H and O–H groups in total. The molecule has 21 heavy (non-hydrogen) atoms. The zero-order valence-electron chi connectivity index (χ0n) is 12.9. The van der Waals surface area contributed by atoms with Crippen molar-refractivity contribution >= 4 is 11.8 Å². The summed E-state index contributed by atoms with van der Waals surface area (Å²) in [6.07, 6.45) is -0.166. The van der Waals surface area contributed by atoms with Gasteiger partial charge in [0, 0.05) is 24.7 Å². The van der Waals surface area contributed by atoms with Crippen molar-refractivity contribution in [1.82, 2.24) is 4.90 Å². The molecule has 1 aromatic rings. The van der Waals surface area contributed by atoms with E-state index in [9.17, 15) is 9.90 Å². The quantitative estimate of drug-likeness (QED) is 0.821. The number of aliphatic hydroxyl groups is 1. The number of rotatable bonds is 2. The van der Waals surface area contributed by atoms with Gasteiger partial charge in [0.15, 0.2) is 0 Å². The fraction of sp³-hybridized carbons (Fsp3) is 0.562. The lowest BCUT2D eigenvalue weighted by Gasteiger charge is -2.25. The lowest BCUT2D eigenvalue weighted by molar-refractivity contribution is 0.0268. The molecule has 5 heteroatoms. The van der Waals surface area contributed by atoms with Gasteiger partial charge in [-0.2, -0.15) is 0 Å². The van der Waals surface area contributed by atoms with E-state index in [-0.39, 0.29) is 12.0 Å². The molecule has 0 bridgehead atoms. The number of aliphatic hydroxyl groups excluding tert-OH is 1. The second-order valence-corrected chi connectivity index (χ2v) is 6.59. The number of hydrogen-bond donors (Lipinski definition) is 2. The van der Waals surface area contributed by atoms with Gasteiger partial charge in [-0.3, -0.25) is 0 Å². The monoisotopic (exact) mass is 292 g/mol. The van der Waals surface area contributed by atoms with Gasteiger partial charge in [0.25, 0.3) is 0 Å². The van der Waals surface area contributed by atoms with Crippen LogP contribution in [0.2, 0.25) is 0 Å². The molecule has 2 unspecified atom stereocenters. The Morgan fingerprint density at radius 2 is 2.19 bits per heavy atom. The van der Waals surface area contributed by atoms with Gasteiger partial charge in [-0.1, -0.05) is 12.1 Å². The Bertz CT molecular complexity index is 510. The standard InChI is InChI=1S/C16H24N2O3/c1-16(2,3)21-15(20)18-8-7-12(10-18)14(19)11-5-4-6-13(17)9-11/h4-6,9,12,14,19H,7-8,10,17H2,1-3H3. The number of carbonyl (C=O) groups is 1. The molecule has 1 heterocycles. The topological polar surface area (TPSA) is 75.8 Å². The molecule has 0 spiro atoms. The van der Waals surface area contributed by atoms with Crippen LogP contribution in [-0.4, -0.2) is 34.8 Å². The van der Waals surface area contributed by atoms with Gasteiger partial charge >= 0.3 is 6.09 Å². The Hall–Kier alpha value is -1.75. The second kappa shape index (κ2) is 5.93. The molecule has 1 amide bonds. The average Bonchev–Trinajstić information content (AvgIpc) is 2.85. The Kier molecular flexibility index (Phi) is 4.42. The number of carbonyl (C=O) groups excluding carboxylic acids is 1. The highest BCUT2D eigenvalue weighted by Crippen LogP contribution is 2.31. The number of nitrogen functional groups attached to an aromatic ring is 1. The molecular weight excluding hydrogens is 268 g/mol. The van der Waals surface area contributed by atoms with E-state index in [1.165, 1.54) is 0 Å². The van der Waals surface area contributed by atoms with Crippen LogP contribution in [0.3, 0.4) is 0 Å². The highest BCUT2D eigenvalue weighted by atomic mass is 16.6. The number of amides is 1. The van der Waals surface area contributed by atoms with Gasteiger partial charge in [-0.05, 0) is 44.9 Å². The fourth-order valence-corrected chi connectivity index (χ4v) is 2.55. The van der Waals surface area contributed by atoms with Gasteiger partial charge in [0.2, 0.25) is 0 Å². The molecule has 116 valence electrons. The third-order valence-corrected chi connectivity index (χ3v) is 3.58. The van der Waals surface area contributed by atoms with E-state index in [1.54, 1.807) is 17.0 Å². The first-order chi connectivity index (χ1) is 9.76. The van der Waals surface area contributed by atoms with E-state index in [1.807, 2.05) is 32.9 Å². The minimum Gasteiger partial charge on any atom is -0.444 e. The fourth-order valence-electron chi connectivity index (χ4n) is 2.55. The maximum atomic E-state index is 12.0. The zero-order valence-corrected chi connectivity index (χ0v) is 12.9. The number of likely N-dealkylation sites (tertiary alicyclic amines) is 1. The van der Waals surface area contributed by atoms with E-state index in [0.29, 0.717) is 18.8 Å². The van der Waals surface area contributed by atoms with Crippen LogP contribution in [0.15, 0.2) is 24.3 Å². The number of anilines is 1.